The molecule has 4 aliphatic heterocycles. The van der Waals surface area contributed by atoms with Crippen LogP contribution in [0.4, 0.5) is 5.69 Å². The second-order valence-corrected chi connectivity index (χ2v) is 11.6. The van der Waals surface area contributed by atoms with Gasteiger partial charge in [-0.15, -0.1) is 5.10 Å². The Hall–Kier alpha value is -4.35. The fourth-order valence-electron chi connectivity index (χ4n) is 7.14. The smallest absolute Gasteiger partial charge is 0.250 e. The highest BCUT2D eigenvalue weighted by atomic mass is 16.5. The molecule has 1 N–H and O–H groups in total. The number of amides is 3. The number of aromatic nitrogens is 3. The third-order valence-electron chi connectivity index (χ3n) is 9.09. The molecule has 3 aromatic rings. The molecule has 0 aliphatic carbocycles. The number of rotatable bonds is 8. The molecule has 1 aromatic heterocycles. The highest BCUT2D eigenvalue weighted by Crippen LogP contribution is 2.53. The SMILES string of the molecule is O=C1C2N(CCCCCO)C(=O)[C@@H]3[C@H]4C(=O)N(c5ccccc5)CC=C[C@H]4O[C@]23C=CCN1Cn1nnc2ccccc21. The van der Waals surface area contributed by atoms with Crippen molar-refractivity contribution in [2.75, 3.05) is 31.1 Å². The number of carbonyl (C=O) groups excluding carboxylic acids is 3. The molecule has 43 heavy (non-hydrogen) atoms. The molecule has 4 aliphatic rings. The molecule has 0 radical (unpaired) electrons. The molecule has 222 valence electrons. The lowest BCUT2D eigenvalue weighted by Gasteiger charge is -2.35. The van der Waals surface area contributed by atoms with Crippen molar-refractivity contribution < 1.29 is 24.2 Å². The Kier molecular flexibility index (Phi) is 7.06. The topological polar surface area (TPSA) is 121 Å². The predicted molar refractivity (Wildman–Crippen MR) is 157 cm³/mol. The molecular weight excluding hydrogens is 548 g/mol. The van der Waals surface area contributed by atoms with Crippen LogP contribution in [0.15, 0.2) is 78.9 Å². The molecule has 11 nitrogen and oxygen atoms in total. The van der Waals surface area contributed by atoms with Gasteiger partial charge in [0.15, 0.2) is 0 Å². The molecule has 7 rings (SSSR count). The molecule has 1 spiro atoms. The van der Waals surface area contributed by atoms with E-state index in [9.17, 15) is 19.5 Å². The molecule has 0 bridgehead atoms. The van der Waals surface area contributed by atoms with E-state index in [-0.39, 0.29) is 31.0 Å². The zero-order chi connectivity index (χ0) is 29.6. The lowest BCUT2D eigenvalue weighted by molar-refractivity contribution is -0.148. The summed E-state index contributed by atoms with van der Waals surface area (Å²) in [6.07, 6.45) is 8.80. The lowest BCUT2D eigenvalue weighted by atomic mass is 9.77. The van der Waals surface area contributed by atoms with E-state index >= 15 is 0 Å². The minimum Gasteiger partial charge on any atom is -0.396 e. The van der Waals surface area contributed by atoms with E-state index in [1.165, 1.54) is 0 Å². The fourth-order valence-corrected chi connectivity index (χ4v) is 7.14. The summed E-state index contributed by atoms with van der Waals surface area (Å²) in [5, 5.41) is 17.8. The number of aliphatic hydroxyl groups excluding tert-OH is 1. The van der Waals surface area contributed by atoms with Crippen LogP contribution in [-0.2, 0) is 25.8 Å². The average molecular weight is 583 g/mol. The van der Waals surface area contributed by atoms with Crippen LogP contribution in [0.3, 0.4) is 0 Å². The summed E-state index contributed by atoms with van der Waals surface area (Å²) in [7, 11) is 0. The molecule has 2 aromatic carbocycles. The number of carbonyl (C=O) groups is 3. The van der Waals surface area contributed by atoms with Crippen LogP contribution >= 0.6 is 0 Å². The van der Waals surface area contributed by atoms with E-state index in [1.54, 1.807) is 19.4 Å². The van der Waals surface area contributed by atoms with Gasteiger partial charge < -0.3 is 24.5 Å². The summed E-state index contributed by atoms with van der Waals surface area (Å²) >= 11 is 0. The number of likely N-dealkylation sites (tertiary alicyclic amines) is 1. The maximum Gasteiger partial charge on any atom is 0.250 e. The highest BCUT2D eigenvalue weighted by molar-refractivity contribution is 6.03. The monoisotopic (exact) mass is 582 g/mol. The fraction of sp³-hybridized carbons (Fsp3) is 0.406. The standard InChI is InChI=1S/C32H34N6O5/c39-20-8-2-7-18-37-28-31(42)35(21-38-24-14-6-5-13-23(24)33-34-38)17-10-16-32(28)27(30(37)41)26-25(43-32)15-9-19-36(29(26)40)22-11-3-1-4-12-22/h1,3-6,9-16,25-28,39H,2,7-8,17-21H2/t25-,26+,27+,28?,32+/m1/s1. The second kappa shape index (κ2) is 11.1. The van der Waals surface area contributed by atoms with Gasteiger partial charge in [0.25, 0.3) is 5.91 Å². The van der Waals surface area contributed by atoms with Crippen molar-refractivity contribution in [1.29, 1.82) is 0 Å². The van der Waals surface area contributed by atoms with Crippen molar-refractivity contribution in [3.63, 3.8) is 0 Å². The normalized spacial score (nSPS) is 28.3. The number of benzene rings is 2. The van der Waals surface area contributed by atoms with Crippen LogP contribution in [0.2, 0.25) is 0 Å². The van der Waals surface area contributed by atoms with E-state index in [4.69, 9.17) is 4.74 Å². The van der Waals surface area contributed by atoms with Gasteiger partial charge in [-0.05, 0) is 43.5 Å². The van der Waals surface area contributed by atoms with Gasteiger partial charge in [0.2, 0.25) is 11.8 Å². The maximum atomic E-state index is 14.5. The molecule has 5 atom stereocenters. The van der Waals surface area contributed by atoms with Crippen LogP contribution in [0.1, 0.15) is 19.3 Å². The Labute approximate surface area is 249 Å². The molecule has 1 unspecified atom stereocenters. The first-order valence-corrected chi connectivity index (χ1v) is 14.9. The van der Waals surface area contributed by atoms with Gasteiger partial charge in [0, 0.05) is 31.9 Å². The van der Waals surface area contributed by atoms with Crippen molar-refractivity contribution in [2.45, 2.75) is 43.7 Å². The number of fused-ring (bicyclic) bond motifs is 3. The third-order valence-corrected chi connectivity index (χ3v) is 9.09. The first kappa shape index (κ1) is 27.5. The van der Waals surface area contributed by atoms with Gasteiger partial charge in [-0.3, -0.25) is 14.4 Å². The van der Waals surface area contributed by atoms with Crippen molar-refractivity contribution in [2.24, 2.45) is 11.8 Å². The molecule has 2 fully saturated rings. The van der Waals surface area contributed by atoms with Gasteiger partial charge in [-0.1, -0.05) is 59.8 Å². The largest absolute Gasteiger partial charge is 0.396 e. The Morgan fingerprint density at radius 3 is 2.56 bits per heavy atom. The van der Waals surface area contributed by atoms with E-state index in [0.29, 0.717) is 38.9 Å². The van der Waals surface area contributed by atoms with Crippen molar-refractivity contribution in [3.05, 3.63) is 78.9 Å². The van der Waals surface area contributed by atoms with Gasteiger partial charge in [0.1, 0.15) is 23.8 Å². The van der Waals surface area contributed by atoms with Crippen LogP contribution in [0, 0.1) is 11.8 Å². The van der Waals surface area contributed by atoms with Gasteiger partial charge in [0.05, 0.1) is 23.5 Å². The summed E-state index contributed by atoms with van der Waals surface area (Å²) in [5.74, 6) is -2.32. The molecule has 5 heterocycles. The first-order chi connectivity index (χ1) is 21.0. The summed E-state index contributed by atoms with van der Waals surface area (Å²) in [5.41, 5.74) is 0.987. The minimum absolute atomic E-state index is 0.0638. The quantitative estimate of drug-likeness (QED) is 0.319. The van der Waals surface area contributed by atoms with Gasteiger partial charge in [-0.25, -0.2) is 4.68 Å². The van der Waals surface area contributed by atoms with Crippen LogP contribution in [0.5, 0.6) is 0 Å². The van der Waals surface area contributed by atoms with Crippen molar-refractivity contribution in [1.82, 2.24) is 24.8 Å². The summed E-state index contributed by atoms with van der Waals surface area (Å²) in [6.45, 7) is 1.21. The number of hydrogen-bond acceptors (Lipinski definition) is 7. The number of nitrogens with zero attached hydrogens (tertiary/aromatic N) is 6. The number of aliphatic hydroxyl groups is 1. The number of para-hydroxylation sites is 2. The van der Waals surface area contributed by atoms with E-state index < -0.39 is 29.6 Å². The van der Waals surface area contributed by atoms with Crippen LogP contribution in [0.25, 0.3) is 11.0 Å². The van der Waals surface area contributed by atoms with Crippen molar-refractivity contribution >= 4 is 34.4 Å². The second-order valence-electron chi connectivity index (χ2n) is 11.6. The number of anilines is 1. The third kappa shape index (κ3) is 4.45. The minimum atomic E-state index is -1.29. The van der Waals surface area contributed by atoms with Crippen LogP contribution < -0.4 is 4.90 Å². The molecule has 2 saturated heterocycles. The number of ether oxygens (including phenoxy) is 1. The van der Waals surface area contributed by atoms with E-state index in [0.717, 1.165) is 16.7 Å². The van der Waals surface area contributed by atoms with Gasteiger partial charge in [-0.2, -0.15) is 0 Å². The Morgan fingerprint density at radius 1 is 0.907 bits per heavy atom. The van der Waals surface area contributed by atoms with Gasteiger partial charge >= 0.3 is 0 Å². The van der Waals surface area contributed by atoms with E-state index in [2.05, 4.69) is 10.3 Å². The average Bonchev–Trinajstić information content (AvgIpc) is 3.57. The molecule has 11 heteroatoms. The zero-order valence-corrected chi connectivity index (χ0v) is 23.7. The summed E-state index contributed by atoms with van der Waals surface area (Å²) < 4.78 is 8.42. The highest BCUT2D eigenvalue weighted by Gasteiger charge is 2.71. The maximum absolute atomic E-state index is 14.5. The predicted octanol–water partition coefficient (Wildman–Crippen LogP) is 2.13. The summed E-state index contributed by atoms with van der Waals surface area (Å²) in [6, 6.07) is 16.0. The van der Waals surface area contributed by atoms with Crippen molar-refractivity contribution in [3.8, 4) is 0 Å². The Morgan fingerprint density at radius 2 is 1.72 bits per heavy atom. The first-order valence-electron chi connectivity index (χ1n) is 14.9. The zero-order valence-electron chi connectivity index (χ0n) is 23.7. The Balaban J connectivity index is 1.25. The molecule has 0 saturated carbocycles. The molecule has 3 amide bonds. The lowest BCUT2D eigenvalue weighted by Crippen LogP contribution is -2.55. The number of unbranched alkanes of at least 4 members (excludes halogenated alkanes) is 2. The number of hydrogen-bond donors (Lipinski definition) is 1. The van der Waals surface area contributed by atoms with Crippen LogP contribution in [-0.4, -0.2) is 91.6 Å². The molecular formula is C32H34N6O5. The summed E-state index contributed by atoms with van der Waals surface area (Å²) in [4.78, 5) is 48.1. The Bertz CT molecular complexity index is 1600. The van der Waals surface area contributed by atoms with E-state index in [1.807, 2.05) is 78.9 Å².